The maximum absolute atomic E-state index is 13.1. The highest BCUT2D eigenvalue weighted by molar-refractivity contribution is 5.96. The predicted octanol–water partition coefficient (Wildman–Crippen LogP) is 24.7. The molecule has 2 unspecified atom stereocenters. The lowest BCUT2D eigenvalue weighted by Gasteiger charge is -2.72. The Kier molecular flexibility index (Phi) is 23.2. The first-order valence-electron chi connectivity index (χ1n) is 47.3. The van der Waals surface area contributed by atoms with Crippen molar-refractivity contribution in [3.63, 3.8) is 0 Å². The number of aliphatic hydroxyl groups excluding tert-OH is 2. The maximum atomic E-state index is 13.1. The van der Waals surface area contributed by atoms with Gasteiger partial charge in [0, 0.05) is 49.6 Å². The lowest BCUT2D eigenvalue weighted by molar-refractivity contribution is -0.245. The monoisotopic (exact) mass is 1550 g/mol. The van der Waals surface area contributed by atoms with Crippen molar-refractivity contribution in [3.8, 4) is 0 Å². The second kappa shape index (κ2) is 30.3. The zero-order valence-corrected chi connectivity index (χ0v) is 75.1. The summed E-state index contributed by atoms with van der Waals surface area (Å²) in [6.45, 7) is 61.6. The summed E-state index contributed by atoms with van der Waals surface area (Å²) in [4.78, 5) is 38.9. The molecule has 0 amide bonds. The first-order chi connectivity index (χ1) is 52.7. The lowest BCUT2D eigenvalue weighted by atomic mass is 9.32. The van der Waals surface area contributed by atoms with E-state index in [0.717, 1.165) is 96.2 Å². The van der Waals surface area contributed by atoms with Gasteiger partial charge < -0.3 is 29.2 Å². The van der Waals surface area contributed by atoms with Crippen molar-refractivity contribution in [2.24, 2.45) is 170 Å². The van der Waals surface area contributed by atoms with Crippen LogP contribution in [0.3, 0.4) is 0 Å². The van der Waals surface area contributed by atoms with Gasteiger partial charge in [0.25, 0.3) is 0 Å². The summed E-state index contributed by atoms with van der Waals surface area (Å²) in [6, 6.07) is 0. The molecule has 17 aliphatic rings. The molecule has 2 saturated heterocycles. The van der Waals surface area contributed by atoms with E-state index in [1.54, 1.807) is 0 Å². The number of carbonyl (C=O) groups excluding carboxylic acids is 3. The third kappa shape index (κ3) is 12.6. The minimum absolute atomic E-state index is 0.00291. The molecule has 2 aliphatic heterocycles. The van der Waals surface area contributed by atoms with E-state index in [4.69, 9.17) is 24.1 Å². The first-order valence-corrected chi connectivity index (χ1v) is 47.3. The van der Waals surface area contributed by atoms with Crippen molar-refractivity contribution < 1.29 is 43.5 Å². The van der Waals surface area contributed by atoms with Crippen LogP contribution in [0.25, 0.3) is 0 Å². The molecular formula is C103H164O9. The van der Waals surface area contributed by atoms with E-state index in [-0.39, 0.29) is 66.7 Å². The van der Waals surface area contributed by atoms with E-state index in [9.17, 15) is 19.5 Å². The van der Waals surface area contributed by atoms with Crippen molar-refractivity contribution in [2.75, 3.05) is 40.1 Å². The molecule has 2 N–H and O–H groups in total. The summed E-state index contributed by atoms with van der Waals surface area (Å²) in [5, 5.41) is 17.7. The topological polar surface area (TPSA) is 129 Å². The molecule has 29 atom stereocenters. The van der Waals surface area contributed by atoms with Gasteiger partial charge in [0.05, 0.1) is 13.2 Å². The molecule has 9 heteroatoms. The average Bonchev–Trinajstić information content (AvgIpc) is 1.04. The Labute approximate surface area is 683 Å². The SMILES string of the molecule is C=C(C)[C@@H]1CC[C@]2(COC3CCCCO3)CC[C@]3(C)[C@H](CC[C@@H]4[C@@]5(C)CCC(=O)C(C)(C)[C@@H]5CC[C@]43C)[C@@H]12.C=C(CC)[C@@H]1CC[C@]2(CO)CC[C@]3(C)[C@H](CC[C@@H]4[C@@]5(C)C=CC(=O)C(C)(C)[C@@H]5CC[C@]43C)[C@@H]12.C=C(CC)[C@@H]1CC[C@]2(COC3CCCCO3)CC[C@]3(C)[C@H](CC[C@@H]4[C@@]5(C)C=CC(=O)C(C)(C)[C@@H]5CC[C@]43C)[C@@H]12.CO. The van der Waals surface area contributed by atoms with Gasteiger partial charge in [0.1, 0.15) is 5.78 Å². The van der Waals surface area contributed by atoms with Gasteiger partial charge in [0.15, 0.2) is 24.1 Å². The van der Waals surface area contributed by atoms with Crippen LogP contribution in [0.4, 0.5) is 0 Å². The van der Waals surface area contributed by atoms with Crippen molar-refractivity contribution in [3.05, 3.63) is 60.8 Å². The summed E-state index contributed by atoms with van der Waals surface area (Å²) >= 11 is 0. The van der Waals surface area contributed by atoms with Gasteiger partial charge in [-0.1, -0.05) is 166 Å². The molecule has 0 bridgehead atoms. The van der Waals surface area contributed by atoms with Crippen molar-refractivity contribution in [2.45, 2.75) is 356 Å². The zero-order valence-electron chi connectivity index (χ0n) is 75.1. The summed E-state index contributed by atoms with van der Waals surface area (Å²) in [7, 11) is 1.00. The molecule has 17 rings (SSSR count). The Balaban J connectivity index is 0.000000138. The summed E-state index contributed by atoms with van der Waals surface area (Å²) < 4.78 is 25.4. The second-order valence-corrected chi connectivity index (χ2v) is 46.6. The largest absolute Gasteiger partial charge is 0.400 e. The highest BCUT2D eigenvalue weighted by atomic mass is 16.7. The fourth-order valence-electron chi connectivity index (χ4n) is 35.6. The van der Waals surface area contributed by atoms with Crippen LogP contribution in [-0.2, 0) is 33.3 Å². The van der Waals surface area contributed by atoms with E-state index in [2.05, 4.69) is 157 Å². The summed E-state index contributed by atoms with van der Waals surface area (Å²) in [5.74, 6) is 10.6. The number of aliphatic hydroxyl groups is 2. The number of fused-ring (bicyclic) bond motifs is 21. The number of ether oxygens (including phenoxy) is 4. The summed E-state index contributed by atoms with van der Waals surface area (Å²) in [6.07, 6.45) is 50.1. The van der Waals surface area contributed by atoms with Crippen LogP contribution >= 0.6 is 0 Å². The number of hydrogen-bond donors (Lipinski definition) is 2. The molecule has 0 aromatic carbocycles. The van der Waals surface area contributed by atoms with Crippen molar-refractivity contribution in [1.29, 1.82) is 0 Å². The van der Waals surface area contributed by atoms with Gasteiger partial charge in [-0.05, 0) is 385 Å². The maximum Gasteiger partial charge on any atom is 0.161 e. The third-order valence-electron chi connectivity index (χ3n) is 42.4. The highest BCUT2D eigenvalue weighted by Crippen LogP contribution is 2.82. The number of carbonyl (C=O) groups is 3. The fraction of sp³-hybridized carbons (Fsp3) is 0.874. The first kappa shape index (κ1) is 85.9. The Morgan fingerprint density at radius 1 is 0.411 bits per heavy atom. The van der Waals surface area contributed by atoms with Crippen LogP contribution in [0.15, 0.2) is 60.8 Å². The average molecular weight is 1550 g/mol. The molecule has 0 spiro atoms. The van der Waals surface area contributed by atoms with Crippen LogP contribution < -0.4 is 0 Å². The zero-order chi connectivity index (χ0) is 81.0. The fourth-order valence-corrected chi connectivity index (χ4v) is 35.6. The minimum atomic E-state index is -0.253. The van der Waals surface area contributed by atoms with Gasteiger partial charge in [-0.25, -0.2) is 0 Å². The van der Waals surface area contributed by atoms with Gasteiger partial charge in [-0.3, -0.25) is 14.4 Å². The van der Waals surface area contributed by atoms with Crippen LogP contribution in [0.5, 0.6) is 0 Å². The molecule has 112 heavy (non-hydrogen) atoms. The molecule has 630 valence electrons. The van der Waals surface area contributed by atoms with Crippen molar-refractivity contribution >= 4 is 17.3 Å². The highest BCUT2D eigenvalue weighted by Gasteiger charge is 2.75. The smallest absolute Gasteiger partial charge is 0.161 e. The van der Waals surface area contributed by atoms with Crippen LogP contribution in [0.1, 0.15) is 343 Å². The number of allylic oxidation sites excluding steroid dienone is 7. The quantitative estimate of drug-likeness (QED) is 0.184. The molecule has 2 heterocycles. The molecule has 15 fully saturated rings. The lowest BCUT2D eigenvalue weighted by Crippen LogP contribution is -2.66. The van der Waals surface area contributed by atoms with Gasteiger partial charge in [0.2, 0.25) is 0 Å². The standard InChI is InChI=1S/C36H56O3.C35H56O3.C31H48O2.CH4O/c1-8-24(2)25-14-19-36(23-39-30-11-9-10-22-38-30)21-20-34(6)26(31(25)36)12-13-28-33(5)17-16-29(37)32(3,4)27(33)15-18-35(28,34)7;1-23(2)24-13-18-35(22-38-29-10-8-9-21-37-29)20-19-33(6)25(30(24)35)11-12-27-32(5)16-15-28(36)31(3,4)26(32)14-17-34(27,33)7;1-8-20(2)21-11-16-31(19-32)18-17-29(6)22(26(21)31)9-10-24-28(5)14-13-25(33)27(3,4)23(28)12-15-30(24,29)7;1-2/h16-17,25-28,30-31H,2,8-15,18-23H2,1,3-7H3;24-27,29-30H,1,8-22H2,2-7H3;13-14,21-24,26,32H,2,8-12,15-19H2,1,3-7H3;2H,1H3/t25-,26+,27-,28+,30?,31+,33-,34+,35+,36+;24-,25+,26-,27+,29?,30+,32-,33+,34+,35+;21-,22+,23-,24+,26+,28-,29+,30+,31+;/m000./s1. The molecule has 15 aliphatic carbocycles. The molecule has 13 saturated carbocycles. The van der Waals surface area contributed by atoms with Gasteiger partial charge in [-0.15, -0.1) is 0 Å². The predicted molar refractivity (Wildman–Crippen MR) is 455 cm³/mol. The molecule has 9 nitrogen and oxygen atoms in total. The van der Waals surface area contributed by atoms with E-state index < -0.39 is 0 Å². The van der Waals surface area contributed by atoms with E-state index in [1.165, 1.54) is 190 Å². The number of ketones is 3. The molecule has 0 aromatic rings. The normalized spacial score (nSPS) is 50.7. The minimum Gasteiger partial charge on any atom is -0.400 e. The van der Waals surface area contributed by atoms with E-state index >= 15 is 0 Å². The third-order valence-corrected chi connectivity index (χ3v) is 42.4. The van der Waals surface area contributed by atoms with Crippen LogP contribution in [0, 0.1) is 170 Å². The second-order valence-electron chi connectivity index (χ2n) is 46.6. The Morgan fingerprint density at radius 2 is 0.786 bits per heavy atom. The number of Topliss-reactive ketones (excluding diaryl/α,β-unsaturated/α-hetero) is 1. The van der Waals surface area contributed by atoms with Gasteiger partial charge >= 0.3 is 0 Å². The van der Waals surface area contributed by atoms with Crippen LogP contribution in [-0.4, -0.2) is 80.3 Å². The Hall–Kier alpha value is -2.53. The van der Waals surface area contributed by atoms with Crippen LogP contribution in [0.2, 0.25) is 0 Å². The Bertz CT molecular complexity index is 3600. The molecule has 0 radical (unpaired) electrons. The molecule has 0 aromatic heterocycles. The van der Waals surface area contributed by atoms with E-state index in [1.807, 2.05) is 12.2 Å². The van der Waals surface area contributed by atoms with Gasteiger partial charge in [-0.2, -0.15) is 0 Å². The van der Waals surface area contributed by atoms with E-state index in [0.29, 0.717) is 122 Å². The molecular weight excluding hydrogens is 1380 g/mol. The number of rotatable bonds is 12. The number of hydrogen-bond acceptors (Lipinski definition) is 9. The Morgan fingerprint density at radius 3 is 1.19 bits per heavy atom. The van der Waals surface area contributed by atoms with Crippen molar-refractivity contribution in [1.82, 2.24) is 0 Å². The summed E-state index contributed by atoms with van der Waals surface area (Å²) in [5.41, 5.74) is 6.72.